The van der Waals surface area contributed by atoms with E-state index in [1.54, 1.807) is 4.57 Å². The molecule has 0 saturated heterocycles. The summed E-state index contributed by atoms with van der Waals surface area (Å²) in [6.45, 7) is 3.45. The molecule has 0 spiro atoms. The Balaban J connectivity index is 1.46. The Morgan fingerprint density at radius 1 is 0.930 bits per heavy atom. The summed E-state index contributed by atoms with van der Waals surface area (Å²) in [5.74, 6) is -0.0336. The third kappa shape index (κ3) is 16.7. The van der Waals surface area contributed by atoms with E-state index in [1.807, 2.05) is 0 Å². The van der Waals surface area contributed by atoms with Crippen LogP contribution in [0.3, 0.4) is 0 Å². The van der Waals surface area contributed by atoms with Crippen molar-refractivity contribution in [1.29, 1.82) is 0 Å². The summed E-state index contributed by atoms with van der Waals surface area (Å²) < 4.78 is 35.6. The summed E-state index contributed by atoms with van der Waals surface area (Å²) in [6.07, 6.45) is 21.5. The number of unbranched alkanes of at least 4 members (excludes halogenated alkanes) is 15. The maximum atomic E-state index is 12.4. The number of hydrogen-bond acceptors (Lipinski definition) is 9. The Kier molecular flexibility index (Phi) is 19.7. The molecule has 2 atom stereocenters. The molecule has 0 fully saturated rings. The van der Waals surface area contributed by atoms with Crippen LogP contribution in [0.2, 0.25) is 0 Å². The van der Waals surface area contributed by atoms with Crippen LogP contribution in [0.15, 0.2) is 11.1 Å². The van der Waals surface area contributed by atoms with Crippen LogP contribution in [-0.2, 0) is 29.8 Å². The summed E-state index contributed by atoms with van der Waals surface area (Å²) in [4.78, 5) is 32.7. The minimum absolute atomic E-state index is 0.00305. The maximum absolute atomic E-state index is 12.4. The van der Waals surface area contributed by atoms with Crippen molar-refractivity contribution >= 4 is 24.7 Å². The predicted molar refractivity (Wildman–Crippen MR) is 170 cm³/mol. The van der Waals surface area contributed by atoms with Crippen LogP contribution in [0, 0.1) is 0 Å². The van der Waals surface area contributed by atoms with Crippen LogP contribution in [0.5, 0.6) is 0 Å². The van der Waals surface area contributed by atoms with Gasteiger partial charge in [-0.2, -0.15) is 4.98 Å². The number of aromatic amines is 1. The lowest BCUT2D eigenvalue weighted by Crippen LogP contribution is -2.26. The van der Waals surface area contributed by atoms with Gasteiger partial charge in [-0.15, -0.1) is 0 Å². The van der Waals surface area contributed by atoms with E-state index in [0.717, 1.165) is 12.8 Å². The van der Waals surface area contributed by atoms with E-state index in [9.17, 15) is 14.3 Å². The number of hydrogen-bond donors (Lipinski definition) is 3. The van der Waals surface area contributed by atoms with Crippen LogP contribution in [0.4, 0.5) is 5.95 Å². The third-order valence-electron chi connectivity index (χ3n) is 7.38. The molecular formula is C30H56N5O7P. The molecule has 13 heteroatoms. The fourth-order valence-corrected chi connectivity index (χ4v) is 5.83. The van der Waals surface area contributed by atoms with Gasteiger partial charge < -0.3 is 33.9 Å². The average molecular weight is 630 g/mol. The van der Waals surface area contributed by atoms with Gasteiger partial charge in [0, 0.05) is 13.7 Å². The van der Waals surface area contributed by atoms with Crippen molar-refractivity contribution in [1.82, 2.24) is 19.5 Å². The molecule has 0 aliphatic carbocycles. The van der Waals surface area contributed by atoms with Crippen LogP contribution >= 0.6 is 7.60 Å². The van der Waals surface area contributed by atoms with Gasteiger partial charge >= 0.3 is 7.60 Å². The number of aromatic nitrogens is 4. The zero-order valence-electron chi connectivity index (χ0n) is 26.5. The molecular weight excluding hydrogens is 573 g/mol. The van der Waals surface area contributed by atoms with Crippen molar-refractivity contribution < 1.29 is 28.2 Å². The quantitative estimate of drug-likeness (QED) is 0.0732. The number of rotatable bonds is 28. The number of fused-ring (bicyclic) bond motifs is 1. The topological polar surface area (TPSA) is 164 Å². The molecule has 2 aromatic rings. The van der Waals surface area contributed by atoms with Gasteiger partial charge in [0.15, 0.2) is 11.2 Å². The highest BCUT2D eigenvalue weighted by Gasteiger charge is 2.23. The normalized spacial score (nSPS) is 13.9. The first-order valence-corrected chi connectivity index (χ1v) is 18.0. The van der Waals surface area contributed by atoms with Crippen molar-refractivity contribution in [3.8, 4) is 0 Å². The Morgan fingerprint density at radius 3 is 2.09 bits per heavy atom. The summed E-state index contributed by atoms with van der Waals surface area (Å²) in [6, 6.07) is 0. The molecule has 12 nitrogen and oxygen atoms in total. The van der Waals surface area contributed by atoms with E-state index < -0.39 is 25.6 Å². The van der Waals surface area contributed by atoms with E-state index in [2.05, 4.69) is 21.9 Å². The second kappa shape index (κ2) is 22.7. The molecule has 1 unspecified atom stereocenters. The molecule has 0 aromatic carbocycles. The molecule has 43 heavy (non-hydrogen) atoms. The van der Waals surface area contributed by atoms with Gasteiger partial charge in [-0.3, -0.25) is 14.3 Å². The SMILES string of the molecule is CCCCCCCCCCCCCCCCCCOCCOP(=O)(O)CO[C@@H](COC)Cn1cnc2c(=O)[nH]c(N)nc21. The van der Waals surface area contributed by atoms with E-state index in [4.69, 9.17) is 24.5 Å². The highest BCUT2D eigenvalue weighted by atomic mass is 31.2. The zero-order valence-corrected chi connectivity index (χ0v) is 27.4. The van der Waals surface area contributed by atoms with Gasteiger partial charge in [-0.05, 0) is 6.42 Å². The van der Waals surface area contributed by atoms with Crippen LogP contribution in [0.1, 0.15) is 110 Å². The zero-order chi connectivity index (χ0) is 31.2. The summed E-state index contributed by atoms with van der Waals surface area (Å²) in [7, 11) is -2.50. The molecule has 2 heterocycles. The van der Waals surface area contributed by atoms with Crippen LogP contribution in [-0.4, -0.2) is 70.4 Å². The minimum Gasteiger partial charge on any atom is -0.382 e. The van der Waals surface area contributed by atoms with E-state index in [1.165, 1.54) is 103 Å². The summed E-state index contributed by atoms with van der Waals surface area (Å²) in [5.41, 5.74) is 5.62. The molecule has 0 aliphatic heterocycles. The number of nitrogens with one attached hydrogen (secondary N) is 1. The lowest BCUT2D eigenvalue weighted by atomic mass is 10.0. The highest BCUT2D eigenvalue weighted by molar-refractivity contribution is 7.52. The number of nitrogens with zero attached hydrogens (tertiary/aromatic N) is 3. The molecule has 2 aromatic heterocycles. The van der Waals surface area contributed by atoms with Crippen molar-refractivity contribution in [2.24, 2.45) is 0 Å². The fourth-order valence-electron chi connectivity index (χ4n) is 4.99. The Hall–Kier alpha value is -1.82. The summed E-state index contributed by atoms with van der Waals surface area (Å²) >= 11 is 0. The van der Waals surface area contributed by atoms with Gasteiger partial charge in [0.1, 0.15) is 6.35 Å². The molecule has 0 amide bonds. The molecule has 0 radical (unpaired) electrons. The first kappa shape index (κ1) is 37.4. The third-order valence-corrected chi connectivity index (χ3v) is 8.44. The van der Waals surface area contributed by atoms with Crippen molar-refractivity contribution in [3.63, 3.8) is 0 Å². The van der Waals surface area contributed by atoms with Gasteiger partial charge in [-0.1, -0.05) is 103 Å². The number of H-pyrrole nitrogens is 1. The Bertz CT molecular complexity index is 1100. The number of anilines is 1. The molecule has 4 N–H and O–H groups in total. The first-order chi connectivity index (χ1) is 20.9. The fraction of sp³-hybridized carbons (Fsp3) is 0.833. The molecule has 248 valence electrons. The largest absolute Gasteiger partial charge is 0.382 e. The molecule has 0 saturated carbocycles. The number of imidazole rings is 1. The van der Waals surface area contributed by atoms with Crippen molar-refractivity contribution in [3.05, 3.63) is 16.7 Å². The highest BCUT2D eigenvalue weighted by Crippen LogP contribution is 2.41. The monoisotopic (exact) mass is 629 g/mol. The van der Waals surface area contributed by atoms with Crippen molar-refractivity contribution in [2.45, 2.75) is 122 Å². The molecule has 0 bridgehead atoms. The Morgan fingerprint density at radius 2 is 1.51 bits per heavy atom. The average Bonchev–Trinajstić information content (AvgIpc) is 3.37. The standard InChI is InChI=1S/C30H56N5O7P/c1-3-4-5-6-7-8-9-10-11-12-13-14-15-16-17-18-19-40-20-21-42-43(37,38)25-41-26(23-39-2)22-35-24-32-27-28(35)33-30(31)34-29(27)36/h24,26H,3-23,25H2,1-2H3,(H,37,38)(H3,31,33,34,36)/t26-/m1/s1. The lowest BCUT2D eigenvalue weighted by Gasteiger charge is -2.20. The number of ether oxygens (including phenoxy) is 3. The number of nitrogen functional groups attached to an aromatic ring is 1. The molecule has 2 rings (SSSR count). The van der Waals surface area contributed by atoms with Crippen LogP contribution in [0.25, 0.3) is 11.2 Å². The van der Waals surface area contributed by atoms with Gasteiger partial charge in [0.2, 0.25) is 5.95 Å². The second-order valence-electron chi connectivity index (χ2n) is 11.3. The minimum atomic E-state index is -3.99. The molecule has 0 aliphatic rings. The van der Waals surface area contributed by atoms with E-state index in [-0.39, 0.29) is 43.5 Å². The smallest absolute Gasteiger partial charge is 0.353 e. The number of methoxy groups -OCH3 is 1. The summed E-state index contributed by atoms with van der Waals surface area (Å²) in [5, 5.41) is 0. The number of nitrogens with two attached hydrogens (primary N) is 1. The first-order valence-electron chi connectivity index (χ1n) is 16.2. The second-order valence-corrected chi connectivity index (χ2v) is 13.1. The Labute approximate surface area is 257 Å². The van der Waals surface area contributed by atoms with Gasteiger partial charge in [0.05, 0.1) is 38.8 Å². The van der Waals surface area contributed by atoms with E-state index in [0.29, 0.717) is 6.61 Å². The lowest BCUT2D eigenvalue weighted by molar-refractivity contribution is 0.00122. The van der Waals surface area contributed by atoms with Crippen LogP contribution < -0.4 is 11.3 Å². The van der Waals surface area contributed by atoms with Crippen molar-refractivity contribution in [2.75, 3.05) is 45.6 Å². The van der Waals surface area contributed by atoms with Gasteiger partial charge in [-0.25, -0.2) is 4.98 Å². The predicted octanol–water partition coefficient (Wildman–Crippen LogP) is 6.17. The van der Waals surface area contributed by atoms with E-state index >= 15 is 0 Å². The maximum Gasteiger partial charge on any atom is 0.353 e. The van der Waals surface area contributed by atoms with Gasteiger partial charge in [0.25, 0.3) is 5.56 Å².